The summed E-state index contributed by atoms with van der Waals surface area (Å²) in [6.07, 6.45) is 108. The quantitative estimate of drug-likeness (QED) is 0.0264. The monoisotopic (exact) mass is 1420 g/mol. The Bertz CT molecular complexity index is 1630. The Morgan fingerprint density at radius 1 is 0.293 bits per heavy atom. The number of esters is 2. The number of allylic oxidation sites excluding steroid dienone is 2. The SMILES string of the molecule is CCCCCCCCCC/C=C\CCCCCCCCCCCCCCCCCCCCCCCCCCCCCC(=O)OC(COC(=O)CCCCCCCCCCCCCCCCCCCCCCCCCCCCCCCCCCCCCCCCC)COP(=O)(O)OCCN. The maximum Gasteiger partial charge on any atom is 0.472 e. The van der Waals surface area contributed by atoms with Gasteiger partial charge < -0.3 is 20.1 Å². The molecule has 590 valence electrons. The standard InChI is InChI=1S/C89H176NO8P/c1-3-5-7-9-11-13-15-17-19-21-23-25-27-29-31-33-35-37-39-41-43-45-47-49-51-53-55-57-59-61-63-65-67-69-71-73-75-77-79-81-88(91)95-85-87(86-97-99(93,94)96-84-83-90)98-89(92)82-80-78-76-74-72-70-68-66-64-62-60-58-56-54-52-50-48-46-44-42-40-38-36-34-32-30-28-26-24-22-20-18-16-14-12-10-8-6-4-2/h22,24,87H,3-21,23,25-86,90H2,1-2H3,(H,93,94)/b24-22-. The Kier molecular flexibility index (Phi) is 84.6. The molecular formula is C89H176NO8P. The summed E-state index contributed by atoms with van der Waals surface area (Å²) in [5.41, 5.74) is 5.43. The molecule has 3 N–H and O–H groups in total. The van der Waals surface area contributed by atoms with Crippen molar-refractivity contribution in [3.8, 4) is 0 Å². The average Bonchev–Trinajstić information content (AvgIpc) is 1.35. The molecule has 0 heterocycles. The molecule has 0 rings (SSSR count). The number of carbonyl (C=O) groups is 2. The second-order valence-electron chi connectivity index (χ2n) is 31.2. The molecule has 10 heteroatoms. The lowest BCUT2D eigenvalue weighted by molar-refractivity contribution is -0.161. The third-order valence-electron chi connectivity index (χ3n) is 21.2. The van der Waals surface area contributed by atoms with Crippen molar-refractivity contribution in [2.75, 3.05) is 26.4 Å². The van der Waals surface area contributed by atoms with E-state index in [9.17, 15) is 19.0 Å². The summed E-state index contributed by atoms with van der Waals surface area (Å²) in [5.74, 6) is -0.793. The van der Waals surface area contributed by atoms with Crippen molar-refractivity contribution in [1.82, 2.24) is 0 Å². The lowest BCUT2D eigenvalue weighted by atomic mass is 10.0. The first-order valence-corrected chi connectivity index (χ1v) is 46.7. The summed E-state index contributed by atoms with van der Waals surface area (Å²) in [4.78, 5) is 35.5. The topological polar surface area (TPSA) is 134 Å². The van der Waals surface area contributed by atoms with Gasteiger partial charge in [-0.15, -0.1) is 0 Å². The summed E-state index contributed by atoms with van der Waals surface area (Å²) in [5, 5.41) is 0. The molecule has 2 atom stereocenters. The highest BCUT2D eigenvalue weighted by Gasteiger charge is 2.26. The van der Waals surface area contributed by atoms with Gasteiger partial charge in [0.1, 0.15) is 6.61 Å². The van der Waals surface area contributed by atoms with E-state index in [1.54, 1.807) is 0 Å². The molecule has 0 aliphatic rings. The first-order valence-electron chi connectivity index (χ1n) is 45.2. The van der Waals surface area contributed by atoms with Gasteiger partial charge in [0.2, 0.25) is 0 Å². The molecule has 0 aliphatic heterocycles. The van der Waals surface area contributed by atoms with Crippen molar-refractivity contribution >= 4 is 19.8 Å². The molecule has 0 aromatic rings. The molecule has 0 spiro atoms. The Morgan fingerprint density at radius 2 is 0.495 bits per heavy atom. The van der Waals surface area contributed by atoms with E-state index in [1.165, 1.54) is 449 Å². The predicted octanol–water partition coefficient (Wildman–Crippen LogP) is 30.6. The zero-order valence-electron chi connectivity index (χ0n) is 67.0. The number of rotatable bonds is 88. The van der Waals surface area contributed by atoms with Gasteiger partial charge in [0.25, 0.3) is 0 Å². The van der Waals surface area contributed by atoms with Crippen LogP contribution in [0.5, 0.6) is 0 Å². The minimum atomic E-state index is -4.39. The summed E-state index contributed by atoms with van der Waals surface area (Å²) in [7, 11) is -4.39. The number of carbonyl (C=O) groups excluding carboxylic acids is 2. The van der Waals surface area contributed by atoms with Crippen LogP contribution in [0.15, 0.2) is 12.2 Å². The minimum absolute atomic E-state index is 0.0584. The van der Waals surface area contributed by atoms with Crippen LogP contribution in [0, 0.1) is 0 Å². The summed E-state index contributed by atoms with van der Waals surface area (Å²) in [6, 6.07) is 0. The van der Waals surface area contributed by atoms with E-state index in [-0.39, 0.29) is 32.1 Å². The lowest BCUT2D eigenvalue weighted by Crippen LogP contribution is -2.29. The molecule has 0 radical (unpaired) electrons. The fourth-order valence-corrected chi connectivity index (χ4v) is 15.2. The predicted molar refractivity (Wildman–Crippen MR) is 432 cm³/mol. The van der Waals surface area contributed by atoms with Crippen molar-refractivity contribution in [3.63, 3.8) is 0 Å². The van der Waals surface area contributed by atoms with Gasteiger partial charge in [-0.3, -0.25) is 18.6 Å². The van der Waals surface area contributed by atoms with Crippen LogP contribution in [0.1, 0.15) is 515 Å². The van der Waals surface area contributed by atoms with E-state index < -0.39 is 26.5 Å². The zero-order valence-corrected chi connectivity index (χ0v) is 67.9. The molecule has 0 aromatic heterocycles. The van der Waals surface area contributed by atoms with Crippen LogP contribution in [-0.4, -0.2) is 49.3 Å². The number of phosphoric ester groups is 1. The Hall–Kier alpha value is -1.25. The molecule has 0 saturated heterocycles. The maximum absolute atomic E-state index is 12.8. The van der Waals surface area contributed by atoms with Crippen molar-refractivity contribution < 1.29 is 37.6 Å². The van der Waals surface area contributed by atoms with Gasteiger partial charge in [0.05, 0.1) is 13.2 Å². The van der Waals surface area contributed by atoms with Crippen molar-refractivity contribution in [3.05, 3.63) is 12.2 Å². The number of ether oxygens (including phenoxy) is 2. The van der Waals surface area contributed by atoms with Gasteiger partial charge in [-0.1, -0.05) is 475 Å². The molecule has 0 aromatic carbocycles. The smallest absolute Gasteiger partial charge is 0.462 e. The van der Waals surface area contributed by atoms with Gasteiger partial charge >= 0.3 is 19.8 Å². The third-order valence-corrected chi connectivity index (χ3v) is 22.1. The van der Waals surface area contributed by atoms with Gasteiger partial charge in [-0.2, -0.15) is 0 Å². The molecule has 0 amide bonds. The normalized spacial score (nSPS) is 12.7. The fourth-order valence-electron chi connectivity index (χ4n) is 14.5. The summed E-state index contributed by atoms with van der Waals surface area (Å²) in [6.45, 7) is 3.86. The van der Waals surface area contributed by atoms with Crippen molar-refractivity contribution in [2.24, 2.45) is 5.73 Å². The molecule has 2 unspecified atom stereocenters. The van der Waals surface area contributed by atoms with Crippen LogP contribution >= 0.6 is 7.82 Å². The number of phosphoric acid groups is 1. The van der Waals surface area contributed by atoms with Gasteiger partial charge in [-0.05, 0) is 38.5 Å². The van der Waals surface area contributed by atoms with Crippen LogP contribution in [0.4, 0.5) is 0 Å². The molecule has 0 aliphatic carbocycles. The largest absolute Gasteiger partial charge is 0.472 e. The highest BCUT2D eigenvalue weighted by molar-refractivity contribution is 7.47. The minimum Gasteiger partial charge on any atom is -0.462 e. The molecule has 0 bridgehead atoms. The third kappa shape index (κ3) is 85.6. The van der Waals surface area contributed by atoms with Gasteiger partial charge in [-0.25, -0.2) is 4.57 Å². The molecular weight excluding hydrogens is 1240 g/mol. The van der Waals surface area contributed by atoms with E-state index in [4.69, 9.17) is 24.3 Å². The van der Waals surface area contributed by atoms with E-state index >= 15 is 0 Å². The molecule has 0 fully saturated rings. The summed E-state index contributed by atoms with van der Waals surface area (Å²) >= 11 is 0. The second-order valence-corrected chi connectivity index (χ2v) is 32.6. The van der Waals surface area contributed by atoms with Crippen LogP contribution in [0.25, 0.3) is 0 Å². The molecule has 0 saturated carbocycles. The maximum atomic E-state index is 12.8. The number of nitrogens with two attached hydrogens (primary N) is 1. The van der Waals surface area contributed by atoms with E-state index in [0.29, 0.717) is 12.8 Å². The van der Waals surface area contributed by atoms with Gasteiger partial charge in [0, 0.05) is 19.4 Å². The second kappa shape index (κ2) is 85.7. The highest BCUT2D eigenvalue weighted by atomic mass is 31.2. The van der Waals surface area contributed by atoms with E-state index in [2.05, 4.69) is 26.0 Å². The number of hydrogen-bond acceptors (Lipinski definition) is 8. The van der Waals surface area contributed by atoms with Crippen LogP contribution in [0.2, 0.25) is 0 Å². The average molecular weight is 1420 g/mol. The van der Waals surface area contributed by atoms with E-state index in [1.807, 2.05) is 0 Å². The molecule has 99 heavy (non-hydrogen) atoms. The van der Waals surface area contributed by atoms with Crippen LogP contribution in [-0.2, 0) is 32.7 Å². The Labute approximate surface area is 619 Å². The Morgan fingerprint density at radius 3 is 0.717 bits per heavy atom. The van der Waals surface area contributed by atoms with Crippen LogP contribution < -0.4 is 5.73 Å². The lowest BCUT2D eigenvalue weighted by Gasteiger charge is -2.19. The molecule has 9 nitrogen and oxygen atoms in total. The zero-order chi connectivity index (χ0) is 71.5. The first-order chi connectivity index (χ1) is 48.8. The first kappa shape index (κ1) is 97.8. The van der Waals surface area contributed by atoms with Gasteiger partial charge in [0.15, 0.2) is 6.10 Å². The summed E-state index contributed by atoms with van der Waals surface area (Å²) < 4.78 is 33.4. The number of hydrogen-bond donors (Lipinski definition) is 2. The highest BCUT2D eigenvalue weighted by Crippen LogP contribution is 2.43. The van der Waals surface area contributed by atoms with Crippen molar-refractivity contribution in [2.45, 2.75) is 521 Å². The van der Waals surface area contributed by atoms with Crippen molar-refractivity contribution in [1.29, 1.82) is 0 Å². The van der Waals surface area contributed by atoms with E-state index in [0.717, 1.165) is 32.1 Å². The number of unbranched alkanes of at least 4 members (excludes halogenated alkanes) is 73. The van der Waals surface area contributed by atoms with Crippen LogP contribution in [0.3, 0.4) is 0 Å². The Balaban J connectivity index is 3.67. The fraction of sp³-hybridized carbons (Fsp3) is 0.955.